The Morgan fingerprint density at radius 1 is 1.48 bits per heavy atom. The van der Waals surface area contributed by atoms with Crippen LogP contribution in [0.4, 0.5) is 0 Å². The minimum atomic E-state index is -0.00866. The van der Waals surface area contributed by atoms with Crippen LogP contribution in [0.1, 0.15) is 50.4 Å². The Labute approximate surface area is 124 Å². The summed E-state index contributed by atoms with van der Waals surface area (Å²) in [7, 11) is 0. The van der Waals surface area contributed by atoms with Crippen LogP contribution in [0.15, 0.2) is 18.2 Å². The Morgan fingerprint density at radius 3 is 2.95 bits per heavy atom. The summed E-state index contributed by atoms with van der Waals surface area (Å²) in [5, 5.41) is 11.3. The lowest BCUT2D eigenvalue weighted by molar-refractivity contribution is 0.0936. The minimum Gasteiger partial charge on any atom is -0.349 e. The summed E-state index contributed by atoms with van der Waals surface area (Å²) in [4.78, 5) is 12.4. The number of aryl methyl sites for hydroxylation is 1. The summed E-state index contributed by atoms with van der Waals surface area (Å²) in [5.74, 6) is -0.00866. The summed E-state index contributed by atoms with van der Waals surface area (Å²) in [5.41, 5.74) is 2.74. The third-order valence-electron chi connectivity index (χ3n) is 4.38. The van der Waals surface area contributed by atoms with E-state index >= 15 is 0 Å². The molecule has 1 unspecified atom stereocenters. The monoisotopic (exact) mass is 286 g/mol. The van der Waals surface area contributed by atoms with Crippen LogP contribution in [0, 0.1) is 5.41 Å². The number of fused-ring (bicyclic) bond motifs is 1. The fraction of sp³-hybridized carbons (Fsp3) is 0.562. The maximum absolute atomic E-state index is 12.4. The third-order valence-corrected chi connectivity index (χ3v) is 4.38. The first-order valence-electron chi connectivity index (χ1n) is 7.62. The van der Waals surface area contributed by atoms with E-state index in [1.807, 2.05) is 29.8 Å². The van der Waals surface area contributed by atoms with E-state index in [1.165, 1.54) is 6.42 Å². The molecule has 1 saturated carbocycles. The molecule has 1 fully saturated rings. The standard InChI is InChI=1S/C16H22N4O/c1-4-20-14-6-5-11(9-13(14)18-19-20)15(21)17-12-7-8-16(2,3)10-12/h5-6,9,12H,4,7-8,10H2,1-3H3,(H,17,21). The van der Waals surface area contributed by atoms with Crippen LogP contribution < -0.4 is 5.32 Å². The Morgan fingerprint density at radius 2 is 2.29 bits per heavy atom. The van der Waals surface area contributed by atoms with Crippen molar-refractivity contribution in [1.29, 1.82) is 0 Å². The summed E-state index contributed by atoms with van der Waals surface area (Å²) in [6.07, 6.45) is 3.28. The van der Waals surface area contributed by atoms with Crippen molar-refractivity contribution in [1.82, 2.24) is 20.3 Å². The van der Waals surface area contributed by atoms with E-state index in [9.17, 15) is 4.79 Å². The SMILES string of the molecule is CCn1nnc2cc(C(=O)NC3CCC(C)(C)C3)ccc21. The van der Waals surface area contributed by atoms with Crippen molar-refractivity contribution in [3.63, 3.8) is 0 Å². The van der Waals surface area contributed by atoms with E-state index in [0.29, 0.717) is 11.0 Å². The highest BCUT2D eigenvalue weighted by molar-refractivity contribution is 5.97. The van der Waals surface area contributed by atoms with Gasteiger partial charge in [-0.25, -0.2) is 4.68 Å². The first kappa shape index (κ1) is 14.0. The number of carbonyl (C=O) groups is 1. The molecule has 2 aromatic rings. The third kappa shape index (κ3) is 2.77. The first-order chi connectivity index (χ1) is 9.98. The van der Waals surface area contributed by atoms with Gasteiger partial charge < -0.3 is 5.32 Å². The molecule has 1 amide bonds. The predicted octanol–water partition coefficient (Wildman–Crippen LogP) is 2.76. The summed E-state index contributed by atoms with van der Waals surface area (Å²) < 4.78 is 1.83. The van der Waals surface area contributed by atoms with E-state index in [-0.39, 0.29) is 11.9 Å². The number of amides is 1. The molecule has 1 atom stereocenters. The molecular formula is C16H22N4O. The average Bonchev–Trinajstić information content (AvgIpc) is 3.00. The lowest BCUT2D eigenvalue weighted by Gasteiger charge is -2.17. The van der Waals surface area contributed by atoms with Crippen molar-refractivity contribution in [2.75, 3.05) is 0 Å². The molecule has 1 aromatic heterocycles. The van der Waals surface area contributed by atoms with Crippen molar-refractivity contribution in [3.8, 4) is 0 Å². The van der Waals surface area contributed by atoms with Crippen LogP contribution in [0.25, 0.3) is 11.0 Å². The van der Waals surface area contributed by atoms with Crippen LogP contribution in [0.2, 0.25) is 0 Å². The number of hydrogen-bond acceptors (Lipinski definition) is 3. The van der Waals surface area contributed by atoms with Crippen molar-refractivity contribution in [2.24, 2.45) is 5.41 Å². The number of carbonyl (C=O) groups excluding carboxylic acids is 1. The zero-order valence-electron chi connectivity index (χ0n) is 12.9. The molecule has 0 bridgehead atoms. The van der Waals surface area contributed by atoms with Gasteiger partial charge in [0.1, 0.15) is 5.52 Å². The number of benzene rings is 1. The summed E-state index contributed by atoms with van der Waals surface area (Å²) >= 11 is 0. The van der Waals surface area contributed by atoms with E-state index in [2.05, 4.69) is 29.5 Å². The largest absolute Gasteiger partial charge is 0.349 e. The second kappa shape index (κ2) is 5.13. The molecule has 112 valence electrons. The van der Waals surface area contributed by atoms with E-state index in [4.69, 9.17) is 0 Å². The molecule has 3 rings (SSSR count). The molecule has 1 N–H and O–H groups in total. The molecule has 21 heavy (non-hydrogen) atoms. The Bertz CT molecular complexity index is 674. The van der Waals surface area contributed by atoms with Gasteiger partial charge in [-0.05, 0) is 49.8 Å². The number of nitrogens with zero attached hydrogens (tertiary/aromatic N) is 3. The van der Waals surface area contributed by atoms with Crippen molar-refractivity contribution >= 4 is 16.9 Å². The lowest BCUT2D eigenvalue weighted by atomic mass is 9.92. The second-order valence-corrected chi connectivity index (χ2v) is 6.69. The molecule has 0 radical (unpaired) electrons. The van der Waals surface area contributed by atoms with Crippen molar-refractivity contribution < 1.29 is 4.79 Å². The molecule has 1 aromatic carbocycles. The van der Waals surface area contributed by atoms with Gasteiger partial charge in [0.2, 0.25) is 0 Å². The van der Waals surface area contributed by atoms with Gasteiger partial charge in [-0.3, -0.25) is 4.79 Å². The molecule has 0 spiro atoms. The van der Waals surface area contributed by atoms with Crippen LogP contribution in [-0.4, -0.2) is 26.9 Å². The van der Waals surface area contributed by atoms with Crippen LogP contribution in [0.3, 0.4) is 0 Å². The predicted molar refractivity (Wildman–Crippen MR) is 82.1 cm³/mol. The average molecular weight is 286 g/mol. The highest BCUT2D eigenvalue weighted by atomic mass is 16.1. The number of hydrogen-bond donors (Lipinski definition) is 1. The van der Waals surface area contributed by atoms with Crippen LogP contribution >= 0.6 is 0 Å². The zero-order valence-corrected chi connectivity index (χ0v) is 12.9. The fourth-order valence-electron chi connectivity index (χ4n) is 3.18. The van der Waals surface area contributed by atoms with Gasteiger partial charge in [0, 0.05) is 18.2 Å². The lowest BCUT2D eigenvalue weighted by Crippen LogP contribution is -2.33. The highest BCUT2D eigenvalue weighted by Gasteiger charge is 2.31. The molecule has 5 heteroatoms. The van der Waals surface area contributed by atoms with Crippen molar-refractivity contribution in [2.45, 2.75) is 52.6 Å². The minimum absolute atomic E-state index is 0.00866. The maximum atomic E-state index is 12.4. The number of aromatic nitrogens is 3. The van der Waals surface area contributed by atoms with E-state index in [1.54, 1.807) is 0 Å². The Balaban J connectivity index is 1.76. The van der Waals surface area contributed by atoms with Gasteiger partial charge in [0.05, 0.1) is 5.52 Å². The van der Waals surface area contributed by atoms with Gasteiger partial charge in [-0.2, -0.15) is 0 Å². The molecule has 1 heterocycles. The number of nitrogens with one attached hydrogen (secondary N) is 1. The quantitative estimate of drug-likeness (QED) is 0.943. The Kier molecular flexibility index (Phi) is 3.43. The van der Waals surface area contributed by atoms with E-state index in [0.717, 1.165) is 30.4 Å². The molecule has 0 saturated heterocycles. The maximum Gasteiger partial charge on any atom is 0.251 e. The molecule has 1 aliphatic carbocycles. The van der Waals surface area contributed by atoms with Gasteiger partial charge in [-0.1, -0.05) is 19.1 Å². The van der Waals surface area contributed by atoms with Gasteiger partial charge in [-0.15, -0.1) is 5.10 Å². The smallest absolute Gasteiger partial charge is 0.251 e. The number of rotatable bonds is 3. The van der Waals surface area contributed by atoms with Gasteiger partial charge in [0.25, 0.3) is 5.91 Å². The first-order valence-corrected chi connectivity index (χ1v) is 7.62. The molecule has 5 nitrogen and oxygen atoms in total. The molecular weight excluding hydrogens is 264 g/mol. The highest BCUT2D eigenvalue weighted by Crippen LogP contribution is 2.37. The van der Waals surface area contributed by atoms with Gasteiger partial charge >= 0.3 is 0 Å². The molecule has 1 aliphatic rings. The molecule has 0 aliphatic heterocycles. The van der Waals surface area contributed by atoms with Gasteiger partial charge in [0.15, 0.2) is 0 Å². The fourth-order valence-corrected chi connectivity index (χ4v) is 3.18. The van der Waals surface area contributed by atoms with E-state index < -0.39 is 0 Å². The zero-order chi connectivity index (χ0) is 15.0. The summed E-state index contributed by atoms with van der Waals surface area (Å²) in [6.45, 7) is 7.32. The summed E-state index contributed by atoms with van der Waals surface area (Å²) in [6, 6.07) is 5.89. The topological polar surface area (TPSA) is 59.8 Å². The van der Waals surface area contributed by atoms with Crippen LogP contribution in [0.5, 0.6) is 0 Å². The normalized spacial score (nSPS) is 20.8. The van der Waals surface area contributed by atoms with Crippen LogP contribution in [-0.2, 0) is 6.54 Å². The van der Waals surface area contributed by atoms with Crippen molar-refractivity contribution in [3.05, 3.63) is 23.8 Å². The Hall–Kier alpha value is -1.91. The second-order valence-electron chi connectivity index (χ2n) is 6.69.